The molecule has 1 amide bonds. The summed E-state index contributed by atoms with van der Waals surface area (Å²) < 4.78 is 0. The summed E-state index contributed by atoms with van der Waals surface area (Å²) in [7, 11) is 0. The summed E-state index contributed by atoms with van der Waals surface area (Å²) in [5.74, 6) is 0.599. The molecule has 50 valence electrons. The van der Waals surface area contributed by atoms with Crippen LogP contribution in [-0.2, 0) is 4.79 Å². The molecule has 0 aromatic carbocycles. The van der Waals surface area contributed by atoms with Crippen LogP contribution in [0.15, 0.2) is 4.99 Å². The van der Waals surface area contributed by atoms with Gasteiger partial charge in [0.15, 0.2) is 0 Å². The van der Waals surface area contributed by atoms with Crippen LogP contribution in [0, 0.1) is 5.92 Å². The largest absolute Gasteiger partial charge is 0.273 e. The number of carbonyl (C=O) groups excluding carboxylic acids is 1. The molecule has 0 bridgehead atoms. The topological polar surface area (TPSA) is 29.4 Å². The summed E-state index contributed by atoms with van der Waals surface area (Å²) in [5.41, 5.74) is 0. The van der Waals surface area contributed by atoms with E-state index in [1.54, 1.807) is 6.21 Å². The van der Waals surface area contributed by atoms with Gasteiger partial charge in [-0.3, -0.25) is 4.79 Å². The van der Waals surface area contributed by atoms with Crippen LogP contribution in [0.3, 0.4) is 0 Å². The van der Waals surface area contributed by atoms with Gasteiger partial charge in [0.2, 0.25) is 5.91 Å². The lowest BCUT2D eigenvalue weighted by Crippen LogP contribution is -2.10. The fourth-order valence-corrected chi connectivity index (χ4v) is 0.946. The van der Waals surface area contributed by atoms with E-state index in [0.717, 1.165) is 12.8 Å². The fourth-order valence-electron chi connectivity index (χ4n) is 0.946. The number of nitrogens with zero attached hydrogens (tertiary/aromatic N) is 1. The molecule has 1 atom stereocenters. The lowest BCUT2D eigenvalue weighted by molar-refractivity contribution is -0.118. The van der Waals surface area contributed by atoms with Crippen LogP contribution in [0.1, 0.15) is 26.2 Å². The molecule has 1 heterocycles. The first kappa shape index (κ1) is 6.46. The second-order valence-corrected chi connectivity index (χ2v) is 2.38. The Balaban J connectivity index is 2.48. The van der Waals surface area contributed by atoms with Crippen molar-refractivity contribution in [3.63, 3.8) is 0 Å². The summed E-state index contributed by atoms with van der Waals surface area (Å²) in [6.07, 6.45) is 4.54. The second-order valence-electron chi connectivity index (χ2n) is 2.38. The Hall–Kier alpha value is -0.660. The number of rotatable bonds is 1. The Bertz CT molecular complexity index is 140. The van der Waals surface area contributed by atoms with Crippen molar-refractivity contribution >= 4 is 12.1 Å². The molecule has 0 saturated heterocycles. The zero-order chi connectivity index (χ0) is 6.69. The lowest BCUT2D eigenvalue weighted by atomic mass is 10.00. The molecule has 0 spiro atoms. The maximum absolute atomic E-state index is 10.5. The van der Waals surface area contributed by atoms with Crippen molar-refractivity contribution < 1.29 is 4.79 Å². The van der Waals surface area contributed by atoms with E-state index in [2.05, 4.69) is 11.9 Å². The van der Waals surface area contributed by atoms with Crippen LogP contribution in [0.5, 0.6) is 0 Å². The molecule has 0 aromatic rings. The van der Waals surface area contributed by atoms with Gasteiger partial charge in [0.05, 0.1) is 0 Å². The van der Waals surface area contributed by atoms with Crippen molar-refractivity contribution in [2.45, 2.75) is 26.2 Å². The van der Waals surface area contributed by atoms with Crippen molar-refractivity contribution in [1.82, 2.24) is 0 Å². The summed E-state index contributed by atoms with van der Waals surface area (Å²) in [4.78, 5) is 14.2. The molecule has 0 fully saturated rings. The van der Waals surface area contributed by atoms with E-state index in [4.69, 9.17) is 0 Å². The SMILES string of the molecule is CCC1C=NC(=O)CC1. The zero-order valence-corrected chi connectivity index (χ0v) is 5.63. The maximum atomic E-state index is 10.5. The molecule has 0 aromatic heterocycles. The number of amides is 1. The first-order chi connectivity index (χ1) is 4.33. The quantitative estimate of drug-likeness (QED) is 0.521. The summed E-state index contributed by atoms with van der Waals surface area (Å²) in [6, 6.07) is 0. The molecule has 9 heavy (non-hydrogen) atoms. The van der Waals surface area contributed by atoms with E-state index in [9.17, 15) is 4.79 Å². The van der Waals surface area contributed by atoms with Gasteiger partial charge in [-0.25, -0.2) is 4.99 Å². The maximum Gasteiger partial charge on any atom is 0.245 e. The van der Waals surface area contributed by atoms with Crippen LogP contribution >= 0.6 is 0 Å². The molecule has 1 unspecified atom stereocenters. The smallest absolute Gasteiger partial charge is 0.245 e. The van der Waals surface area contributed by atoms with Gasteiger partial charge in [0.1, 0.15) is 0 Å². The number of aliphatic imine (C=N–C) groups is 1. The molecule has 0 radical (unpaired) electrons. The third-order valence-electron chi connectivity index (χ3n) is 1.68. The minimum atomic E-state index is 0.0414. The molecule has 2 nitrogen and oxygen atoms in total. The monoisotopic (exact) mass is 125 g/mol. The van der Waals surface area contributed by atoms with Crippen LogP contribution in [-0.4, -0.2) is 12.1 Å². The van der Waals surface area contributed by atoms with E-state index in [0.29, 0.717) is 12.3 Å². The molecule has 2 heteroatoms. The van der Waals surface area contributed by atoms with Crippen LogP contribution in [0.4, 0.5) is 0 Å². The molecular weight excluding hydrogens is 114 g/mol. The van der Waals surface area contributed by atoms with Crippen LogP contribution < -0.4 is 0 Å². The highest BCUT2D eigenvalue weighted by atomic mass is 16.1. The van der Waals surface area contributed by atoms with E-state index >= 15 is 0 Å². The Morgan fingerprint density at radius 3 is 3.11 bits per heavy atom. The van der Waals surface area contributed by atoms with Gasteiger partial charge in [-0.1, -0.05) is 6.92 Å². The third kappa shape index (κ3) is 1.63. The Kier molecular flexibility index (Phi) is 1.98. The molecule has 0 saturated carbocycles. The van der Waals surface area contributed by atoms with Crippen LogP contribution in [0.2, 0.25) is 0 Å². The average molecular weight is 125 g/mol. The number of hydrogen-bond acceptors (Lipinski definition) is 1. The minimum Gasteiger partial charge on any atom is -0.273 e. The predicted octanol–water partition coefficient (Wildman–Crippen LogP) is 1.40. The molecule has 0 aliphatic carbocycles. The van der Waals surface area contributed by atoms with Crippen molar-refractivity contribution in [1.29, 1.82) is 0 Å². The molecule has 0 N–H and O–H groups in total. The Morgan fingerprint density at radius 1 is 1.89 bits per heavy atom. The van der Waals surface area contributed by atoms with Crippen molar-refractivity contribution in [3.05, 3.63) is 0 Å². The standard InChI is InChI=1S/C7H11NO/c1-2-6-3-4-7(9)8-5-6/h5-6H,2-4H2,1H3. The minimum absolute atomic E-state index is 0.0414. The van der Waals surface area contributed by atoms with E-state index < -0.39 is 0 Å². The second kappa shape index (κ2) is 2.76. The first-order valence-electron chi connectivity index (χ1n) is 3.40. The Morgan fingerprint density at radius 2 is 2.67 bits per heavy atom. The van der Waals surface area contributed by atoms with E-state index in [-0.39, 0.29) is 5.91 Å². The van der Waals surface area contributed by atoms with Crippen molar-refractivity contribution in [2.75, 3.05) is 0 Å². The highest BCUT2D eigenvalue weighted by Gasteiger charge is 2.11. The molecule has 1 aliphatic rings. The van der Waals surface area contributed by atoms with Gasteiger partial charge in [-0.2, -0.15) is 0 Å². The van der Waals surface area contributed by atoms with Gasteiger partial charge < -0.3 is 0 Å². The van der Waals surface area contributed by atoms with Gasteiger partial charge >= 0.3 is 0 Å². The summed E-state index contributed by atoms with van der Waals surface area (Å²) in [6.45, 7) is 2.12. The van der Waals surface area contributed by atoms with E-state index in [1.165, 1.54) is 0 Å². The number of carbonyl (C=O) groups is 1. The van der Waals surface area contributed by atoms with Crippen molar-refractivity contribution in [3.8, 4) is 0 Å². The summed E-state index contributed by atoms with van der Waals surface area (Å²) >= 11 is 0. The van der Waals surface area contributed by atoms with Crippen LogP contribution in [0.25, 0.3) is 0 Å². The Labute approximate surface area is 55.0 Å². The summed E-state index contributed by atoms with van der Waals surface area (Å²) in [5, 5.41) is 0. The zero-order valence-electron chi connectivity index (χ0n) is 5.63. The molecule has 1 aliphatic heterocycles. The fraction of sp³-hybridized carbons (Fsp3) is 0.714. The van der Waals surface area contributed by atoms with Gasteiger partial charge in [0.25, 0.3) is 0 Å². The van der Waals surface area contributed by atoms with E-state index in [1.807, 2.05) is 0 Å². The third-order valence-corrected chi connectivity index (χ3v) is 1.68. The van der Waals surface area contributed by atoms with Crippen molar-refractivity contribution in [2.24, 2.45) is 10.9 Å². The number of hydrogen-bond donors (Lipinski definition) is 0. The van der Waals surface area contributed by atoms with Gasteiger partial charge in [0, 0.05) is 12.6 Å². The highest BCUT2D eigenvalue weighted by Crippen LogP contribution is 2.12. The first-order valence-corrected chi connectivity index (χ1v) is 3.40. The molecule has 1 rings (SSSR count). The molecular formula is C7H11NO. The normalized spacial score (nSPS) is 26.8. The predicted molar refractivity (Wildman–Crippen MR) is 36.5 cm³/mol. The lowest BCUT2D eigenvalue weighted by Gasteiger charge is -2.10. The highest BCUT2D eigenvalue weighted by molar-refractivity contribution is 5.87. The van der Waals surface area contributed by atoms with Gasteiger partial charge in [-0.05, 0) is 18.8 Å². The van der Waals surface area contributed by atoms with Gasteiger partial charge in [-0.15, -0.1) is 0 Å². The average Bonchev–Trinajstić information content (AvgIpc) is 1.90.